The third kappa shape index (κ3) is 3.61. The summed E-state index contributed by atoms with van der Waals surface area (Å²) in [7, 11) is 1.94. The maximum Gasteiger partial charge on any atom is 0.0820 e. The number of nitrogens with zero attached hydrogens (tertiary/aromatic N) is 2. The molecule has 2 atom stereocenters. The zero-order chi connectivity index (χ0) is 12.0. The quantitative estimate of drug-likeness (QED) is 0.770. The van der Waals surface area contributed by atoms with Crippen molar-refractivity contribution in [2.45, 2.75) is 39.3 Å². The topological polar surface area (TPSA) is 39.1 Å². The van der Waals surface area contributed by atoms with Crippen molar-refractivity contribution in [3.8, 4) is 0 Å². The minimum atomic E-state index is 0.145. The summed E-state index contributed by atoms with van der Waals surface area (Å²) in [4.78, 5) is 0. The Morgan fingerprint density at radius 2 is 2.25 bits per heavy atom. The lowest BCUT2D eigenvalue weighted by Crippen LogP contribution is -2.33. The van der Waals surface area contributed by atoms with Crippen LogP contribution in [0.4, 0.5) is 0 Å². The van der Waals surface area contributed by atoms with Gasteiger partial charge in [0.15, 0.2) is 0 Å². The smallest absolute Gasteiger partial charge is 0.0820 e. The Bertz CT molecular complexity index is 298. The Kier molecular flexibility index (Phi) is 5.49. The minimum absolute atomic E-state index is 0.145. The van der Waals surface area contributed by atoms with Crippen LogP contribution in [0.5, 0.6) is 0 Å². The van der Waals surface area contributed by atoms with Gasteiger partial charge in [-0.3, -0.25) is 4.68 Å². The van der Waals surface area contributed by atoms with Gasteiger partial charge in [-0.25, -0.2) is 0 Å². The molecule has 1 aromatic rings. The summed E-state index contributed by atoms with van der Waals surface area (Å²) >= 11 is 0. The van der Waals surface area contributed by atoms with E-state index in [0.29, 0.717) is 0 Å². The lowest BCUT2D eigenvalue weighted by molar-refractivity contribution is 0.0460. The molecule has 0 aliphatic heterocycles. The molecule has 0 saturated heterocycles. The van der Waals surface area contributed by atoms with E-state index in [9.17, 15) is 0 Å². The van der Waals surface area contributed by atoms with E-state index in [1.165, 1.54) is 0 Å². The molecule has 0 bridgehead atoms. The lowest BCUT2D eigenvalue weighted by Gasteiger charge is -2.23. The Morgan fingerprint density at radius 3 is 2.75 bits per heavy atom. The molecule has 0 spiro atoms. The summed E-state index contributed by atoms with van der Waals surface area (Å²) in [5.41, 5.74) is 1.05. The molecule has 0 aliphatic rings. The highest BCUT2D eigenvalue weighted by atomic mass is 16.5. The largest absolute Gasteiger partial charge is 0.377 e. The highest BCUT2D eigenvalue weighted by Gasteiger charge is 2.20. The third-order valence-corrected chi connectivity index (χ3v) is 2.57. The van der Waals surface area contributed by atoms with Crippen molar-refractivity contribution in [2.75, 3.05) is 13.2 Å². The number of ether oxygens (including phenoxy) is 1. The highest BCUT2D eigenvalue weighted by molar-refractivity contribution is 5.07. The normalized spacial score (nSPS) is 15.0. The maximum atomic E-state index is 5.65. The first-order valence-electron chi connectivity index (χ1n) is 6.03. The van der Waals surface area contributed by atoms with E-state index in [0.717, 1.165) is 25.3 Å². The van der Waals surface area contributed by atoms with Crippen LogP contribution in [0.15, 0.2) is 12.3 Å². The molecule has 1 rings (SSSR count). The summed E-state index contributed by atoms with van der Waals surface area (Å²) in [6, 6.07) is 2.23. The van der Waals surface area contributed by atoms with Gasteiger partial charge in [-0.1, -0.05) is 6.92 Å². The lowest BCUT2D eigenvalue weighted by atomic mass is 10.1. The molecule has 1 aromatic heterocycles. The molecule has 4 nitrogen and oxygen atoms in total. The Hall–Kier alpha value is -0.870. The maximum absolute atomic E-state index is 5.65. The Morgan fingerprint density at radius 1 is 1.50 bits per heavy atom. The summed E-state index contributed by atoms with van der Waals surface area (Å²) in [5, 5.41) is 7.92. The van der Waals surface area contributed by atoms with Crippen molar-refractivity contribution >= 4 is 0 Å². The summed E-state index contributed by atoms with van der Waals surface area (Å²) in [6.45, 7) is 7.99. The first kappa shape index (κ1) is 13.2. The van der Waals surface area contributed by atoms with Crippen LogP contribution >= 0.6 is 0 Å². The van der Waals surface area contributed by atoms with Crippen molar-refractivity contribution in [1.82, 2.24) is 15.1 Å². The fourth-order valence-corrected chi connectivity index (χ4v) is 1.77. The van der Waals surface area contributed by atoms with E-state index in [-0.39, 0.29) is 12.1 Å². The number of hydrogen-bond acceptors (Lipinski definition) is 3. The van der Waals surface area contributed by atoms with Crippen LogP contribution in [0.2, 0.25) is 0 Å². The zero-order valence-corrected chi connectivity index (χ0v) is 10.7. The molecule has 0 aromatic carbocycles. The molecule has 0 amide bonds. The van der Waals surface area contributed by atoms with Crippen LogP contribution in [0.1, 0.15) is 38.9 Å². The van der Waals surface area contributed by atoms with Gasteiger partial charge in [-0.05, 0) is 32.9 Å². The Labute approximate surface area is 98.0 Å². The van der Waals surface area contributed by atoms with E-state index in [2.05, 4.69) is 24.3 Å². The molecule has 16 heavy (non-hydrogen) atoms. The highest BCUT2D eigenvalue weighted by Crippen LogP contribution is 2.17. The molecule has 0 aliphatic carbocycles. The molecular formula is C12H23N3O. The van der Waals surface area contributed by atoms with E-state index in [4.69, 9.17) is 4.74 Å². The van der Waals surface area contributed by atoms with Gasteiger partial charge >= 0.3 is 0 Å². The average molecular weight is 225 g/mol. The zero-order valence-electron chi connectivity index (χ0n) is 10.7. The first-order valence-corrected chi connectivity index (χ1v) is 6.03. The number of hydrogen-bond donors (Lipinski definition) is 1. The van der Waals surface area contributed by atoms with Crippen LogP contribution < -0.4 is 5.32 Å². The molecule has 0 radical (unpaired) electrons. The molecule has 4 heteroatoms. The summed E-state index contributed by atoms with van der Waals surface area (Å²) in [6.07, 6.45) is 3.23. The van der Waals surface area contributed by atoms with Crippen LogP contribution in [-0.4, -0.2) is 29.0 Å². The van der Waals surface area contributed by atoms with Crippen molar-refractivity contribution in [1.29, 1.82) is 0 Å². The average Bonchev–Trinajstić information content (AvgIpc) is 2.66. The van der Waals surface area contributed by atoms with E-state index >= 15 is 0 Å². The van der Waals surface area contributed by atoms with Crippen LogP contribution in [0.3, 0.4) is 0 Å². The van der Waals surface area contributed by atoms with E-state index < -0.39 is 0 Å². The molecular weight excluding hydrogens is 202 g/mol. The van der Waals surface area contributed by atoms with Gasteiger partial charge in [0, 0.05) is 19.9 Å². The van der Waals surface area contributed by atoms with Crippen molar-refractivity contribution in [2.24, 2.45) is 7.05 Å². The summed E-state index contributed by atoms with van der Waals surface area (Å²) in [5.74, 6) is 0. The van der Waals surface area contributed by atoms with E-state index in [1.807, 2.05) is 30.9 Å². The van der Waals surface area contributed by atoms with Crippen LogP contribution in [0, 0.1) is 0 Å². The van der Waals surface area contributed by atoms with Gasteiger partial charge in [0.25, 0.3) is 0 Å². The molecule has 2 unspecified atom stereocenters. The van der Waals surface area contributed by atoms with Crippen LogP contribution in [-0.2, 0) is 11.8 Å². The molecule has 0 fully saturated rings. The summed E-state index contributed by atoms with van der Waals surface area (Å²) < 4.78 is 7.48. The van der Waals surface area contributed by atoms with Gasteiger partial charge in [-0.15, -0.1) is 0 Å². The SMILES string of the molecule is CCCNC(c1ccn(C)n1)C(C)OCC. The Balaban J connectivity index is 2.69. The van der Waals surface area contributed by atoms with Gasteiger partial charge in [0.2, 0.25) is 0 Å². The molecule has 92 valence electrons. The van der Waals surface area contributed by atoms with Crippen molar-refractivity contribution in [3.05, 3.63) is 18.0 Å². The fraction of sp³-hybridized carbons (Fsp3) is 0.750. The van der Waals surface area contributed by atoms with E-state index in [1.54, 1.807) is 0 Å². The molecule has 0 saturated carbocycles. The number of aromatic nitrogens is 2. The second-order valence-electron chi connectivity index (χ2n) is 4.01. The van der Waals surface area contributed by atoms with Gasteiger partial charge in [-0.2, -0.15) is 5.10 Å². The predicted octanol–water partition coefficient (Wildman–Crippen LogP) is 1.89. The van der Waals surface area contributed by atoms with Gasteiger partial charge in [0.1, 0.15) is 0 Å². The second kappa shape index (κ2) is 6.66. The molecule has 1 N–H and O–H groups in total. The standard InChI is InChI=1S/C12H23N3O/c1-5-8-13-12(10(3)16-6-2)11-7-9-15(4)14-11/h7,9-10,12-13H,5-6,8H2,1-4H3. The number of aryl methyl sites for hydroxylation is 1. The van der Waals surface area contributed by atoms with Gasteiger partial charge in [0.05, 0.1) is 17.8 Å². The van der Waals surface area contributed by atoms with Crippen molar-refractivity contribution in [3.63, 3.8) is 0 Å². The number of rotatable bonds is 7. The fourth-order valence-electron chi connectivity index (χ4n) is 1.77. The monoisotopic (exact) mass is 225 g/mol. The predicted molar refractivity (Wildman–Crippen MR) is 65.3 cm³/mol. The minimum Gasteiger partial charge on any atom is -0.377 e. The van der Waals surface area contributed by atoms with Crippen LogP contribution in [0.25, 0.3) is 0 Å². The van der Waals surface area contributed by atoms with Gasteiger partial charge < -0.3 is 10.1 Å². The third-order valence-electron chi connectivity index (χ3n) is 2.57. The second-order valence-corrected chi connectivity index (χ2v) is 4.01. The molecule has 1 heterocycles. The number of nitrogens with one attached hydrogen (secondary N) is 1. The van der Waals surface area contributed by atoms with Crippen molar-refractivity contribution < 1.29 is 4.74 Å². The first-order chi connectivity index (χ1) is 7.69.